The number of carbonyl (C=O) groups excluding carboxylic acids is 1. The van der Waals surface area contributed by atoms with E-state index in [0.717, 1.165) is 44.3 Å². The lowest BCUT2D eigenvalue weighted by molar-refractivity contribution is -0.143. The molecule has 6 rings (SSSR count). The van der Waals surface area contributed by atoms with Crippen molar-refractivity contribution in [3.8, 4) is 5.75 Å². The number of rotatable bonds is 5. The first kappa shape index (κ1) is 19.9. The number of aliphatic carboxylic acids is 1. The van der Waals surface area contributed by atoms with Crippen LogP contribution >= 0.6 is 0 Å². The van der Waals surface area contributed by atoms with Gasteiger partial charge in [0.05, 0.1) is 17.6 Å². The molecule has 1 amide bonds. The van der Waals surface area contributed by atoms with Crippen molar-refractivity contribution in [3.05, 3.63) is 29.8 Å². The number of carboxylic acids is 1. The Morgan fingerprint density at radius 3 is 2.17 bits per heavy atom. The molecule has 4 bridgehead atoms. The van der Waals surface area contributed by atoms with Crippen molar-refractivity contribution < 1.29 is 24.5 Å². The molecule has 6 heteroatoms. The van der Waals surface area contributed by atoms with E-state index in [9.17, 15) is 14.7 Å². The molecule has 2 unspecified atom stereocenters. The van der Waals surface area contributed by atoms with E-state index in [2.05, 4.69) is 5.32 Å². The normalized spacial score (nSPS) is 39.5. The van der Waals surface area contributed by atoms with Gasteiger partial charge < -0.3 is 20.3 Å². The summed E-state index contributed by atoms with van der Waals surface area (Å²) in [5.74, 6) is 0.740. The number of ether oxygens (including phenoxy) is 1. The van der Waals surface area contributed by atoms with E-state index < -0.39 is 11.6 Å². The van der Waals surface area contributed by atoms with E-state index in [4.69, 9.17) is 9.84 Å². The van der Waals surface area contributed by atoms with Gasteiger partial charge in [-0.25, -0.2) is 0 Å². The van der Waals surface area contributed by atoms with Crippen LogP contribution in [0.4, 0.5) is 0 Å². The number of aliphatic hydroxyl groups is 1. The third kappa shape index (κ3) is 3.82. The summed E-state index contributed by atoms with van der Waals surface area (Å²) in [7, 11) is 0. The zero-order chi connectivity index (χ0) is 20.9. The van der Waals surface area contributed by atoms with Gasteiger partial charge in [-0.05, 0) is 100 Å². The first-order valence-electron chi connectivity index (χ1n) is 11.4. The van der Waals surface area contributed by atoms with Crippen LogP contribution in [0.3, 0.4) is 0 Å². The van der Waals surface area contributed by atoms with Crippen LogP contribution < -0.4 is 10.1 Å². The van der Waals surface area contributed by atoms with Gasteiger partial charge in [0.15, 0.2) is 0 Å². The van der Waals surface area contributed by atoms with Gasteiger partial charge in [0.2, 0.25) is 0 Å². The quantitative estimate of drug-likeness (QED) is 0.686. The Labute approximate surface area is 177 Å². The molecular formula is C24H31NO5. The highest BCUT2D eigenvalue weighted by molar-refractivity contribution is 5.94. The number of hydrogen-bond donors (Lipinski definition) is 3. The molecule has 0 saturated heterocycles. The van der Waals surface area contributed by atoms with E-state index in [0.29, 0.717) is 36.7 Å². The van der Waals surface area contributed by atoms with Gasteiger partial charge in [0.1, 0.15) is 5.75 Å². The predicted molar refractivity (Wildman–Crippen MR) is 110 cm³/mol. The fourth-order valence-electron chi connectivity index (χ4n) is 6.98. The summed E-state index contributed by atoms with van der Waals surface area (Å²) in [5, 5.41) is 23.3. The van der Waals surface area contributed by atoms with Gasteiger partial charge in [-0.15, -0.1) is 0 Å². The van der Waals surface area contributed by atoms with Gasteiger partial charge in [0.25, 0.3) is 5.91 Å². The number of hydrogen-bond acceptors (Lipinski definition) is 4. The third-order valence-corrected chi connectivity index (χ3v) is 7.85. The molecule has 1 aromatic carbocycles. The fraction of sp³-hybridized carbons (Fsp3) is 0.667. The average Bonchev–Trinajstić information content (AvgIpc) is 2.66. The standard InChI is InChI=1S/C24H31NO5/c26-21(25-23-10-15-9-16(11-23)13-24(29,12-15)14-23)17-1-5-19(6-2-17)30-20-7-3-18(4-8-20)22(27)28/h1-2,5-6,15-16,18,20,29H,3-4,7-14H2,(H,25,26)(H,27,28). The maximum Gasteiger partial charge on any atom is 0.306 e. The Kier molecular flexibility index (Phi) is 4.80. The molecule has 5 saturated carbocycles. The lowest BCUT2D eigenvalue weighted by Crippen LogP contribution is -2.65. The Hall–Kier alpha value is -2.08. The van der Waals surface area contributed by atoms with E-state index in [1.807, 2.05) is 12.1 Å². The average molecular weight is 414 g/mol. The second-order valence-electron chi connectivity index (χ2n) is 10.4. The van der Waals surface area contributed by atoms with Crippen LogP contribution in [0.15, 0.2) is 24.3 Å². The Balaban J connectivity index is 1.19. The highest BCUT2D eigenvalue weighted by Gasteiger charge is 2.57. The van der Waals surface area contributed by atoms with Gasteiger partial charge in [0, 0.05) is 11.1 Å². The summed E-state index contributed by atoms with van der Waals surface area (Å²) in [4.78, 5) is 24.0. The number of nitrogens with one attached hydrogen (secondary N) is 1. The SMILES string of the molecule is O=C(NC12CC3CC(CC(O)(C3)C1)C2)c1ccc(OC2CCC(C(=O)O)CC2)cc1. The van der Waals surface area contributed by atoms with Crippen LogP contribution in [0.5, 0.6) is 5.75 Å². The fourth-order valence-corrected chi connectivity index (χ4v) is 6.98. The summed E-state index contributed by atoms with van der Waals surface area (Å²) in [6.45, 7) is 0. The Bertz CT molecular complexity index is 813. The highest BCUT2D eigenvalue weighted by Crippen LogP contribution is 2.57. The van der Waals surface area contributed by atoms with Crippen molar-refractivity contribution >= 4 is 11.9 Å². The molecule has 162 valence electrons. The van der Waals surface area contributed by atoms with Crippen molar-refractivity contribution in [2.24, 2.45) is 17.8 Å². The molecule has 1 aromatic rings. The molecule has 2 atom stereocenters. The number of carbonyl (C=O) groups is 2. The lowest BCUT2D eigenvalue weighted by atomic mass is 9.51. The smallest absolute Gasteiger partial charge is 0.306 e. The monoisotopic (exact) mass is 413 g/mol. The summed E-state index contributed by atoms with van der Waals surface area (Å²) in [6.07, 6.45) is 8.44. The van der Waals surface area contributed by atoms with Crippen LogP contribution in [0, 0.1) is 17.8 Å². The van der Waals surface area contributed by atoms with Crippen molar-refractivity contribution in [3.63, 3.8) is 0 Å². The molecule has 5 aliphatic rings. The molecule has 5 aliphatic carbocycles. The lowest BCUT2D eigenvalue weighted by Gasteiger charge is -2.60. The largest absolute Gasteiger partial charge is 0.490 e. The van der Waals surface area contributed by atoms with Gasteiger partial charge in [-0.2, -0.15) is 0 Å². The number of benzene rings is 1. The van der Waals surface area contributed by atoms with E-state index in [-0.39, 0.29) is 23.5 Å². The topological polar surface area (TPSA) is 95.9 Å². The van der Waals surface area contributed by atoms with Crippen molar-refractivity contribution in [2.45, 2.75) is 81.5 Å². The summed E-state index contributed by atoms with van der Waals surface area (Å²) in [5.41, 5.74) is -0.234. The number of amides is 1. The van der Waals surface area contributed by atoms with E-state index >= 15 is 0 Å². The van der Waals surface area contributed by atoms with Crippen LogP contribution in [0.1, 0.15) is 74.6 Å². The first-order valence-corrected chi connectivity index (χ1v) is 11.4. The van der Waals surface area contributed by atoms with Crippen LogP contribution in [-0.4, -0.2) is 39.3 Å². The molecule has 30 heavy (non-hydrogen) atoms. The minimum absolute atomic E-state index is 0.0352. The third-order valence-electron chi connectivity index (χ3n) is 7.85. The molecule has 0 aromatic heterocycles. The van der Waals surface area contributed by atoms with Gasteiger partial charge in [-0.1, -0.05) is 0 Å². The first-order chi connectivity index (χ1) is 14.3. The molecule has 0 aliphatic heterocycles. The maximum atomic E-state index is 12.9. The zero-order valence-corrected chi connectivity index (χ0v) is 17.3. The second-order valence-corrected chi connectivity index (χ2v) is 10.4. The van der Waals surface area contributed by atoms with Crippen molar-refractivity contribution in [1.29, 1.82) is 0 Å². The van der Waals surface area contributed by atoms with Crippen LogP contribution in [0.25, 0.3) is 0 Å². The molecule has 3 N–H and O–H groups in total. The van der Waals surface area contributed by atoms with Gasteiger partial charge >= 0.3 is 5.97 Å². The molecule has 0 radical (unpaired) electrons. The second kappa shape index (κ2) is 7.26. The number of carboxylic acid groups (broad SMARTS) is 1. The molecule has 5 fully saturated rings. The summed E-state index contributed by atoms with van der Waals surface area (Å²) < 4.78 is 6.01. The minimum atomic E-state index is -0.713. The predicted octanol–water partition coefficient (Wildman–Crippen LogP) is 3.52. The molecular weight excluding hydrogens is 382 g/mol. The van der Waals surface area contributed by atoms with Gasteiger partial charge in [-0.3, -0.25) is 9.59 Å². The Morgan fingerprint density at radius 2 is 1.60 bits per heavy atom. The maximum absolute atomic E-state index is 12.9. The molecule has 0 heterocycles. The molecule has 0 spiro atoms. The van der Waals surface area contributed by atoms with Crippen molar-refractivity contribution in [1.82, 2.24) is 5.32 Å². The Morgan fingerprint density at radius 1 is 0.967 bits per heavy atom. The van der Waals surface area contributed by atoms with Crippen LogP contribution in [0.2, 0.25) is 0 Å². The van der Waals surface area contributed by atoms with E-state index in [1.54, 1.807) is 12.1 Å². The van der Waals surface area contributed by atoms with E-state index in [1.165, 1.54) is 6.42 Å². The zero-order valence-electron chi connectivity index (χ0n) is 17.3. The summed E-state index contributed by atoms with van der Waals surface area (Å²) in [6, 6.07) is 7.24. The van der Waals surface area contributed by atoms with Crippen LogP contribution in [-0.2, 0) is 4.79 Å². The highest BCUT2D eigenvalue weighted by atomic mass is 16.5. The summed E-state index contributed by atoms with van der Waals surface area (Å²) >= 11 is 0. The molecule has 6 nitrogen and oxygen atoms in total. The minimum Gasteiger partial charge on any atom is -0.490 e. The van der Waals surface area contributed by atoms with Crippen molar-refractivity contribution in [2.75, 3.05) is 0 Å².